The Morgan fingerprint density at radius 2 is 1.48 bits per heavy atom. The highest BCUT2D eigenvalue weighted by Crippen LogP contribution is 2.30. The van der Waals surface area contributed by atoms with Crippen LogP contribution in [-0.4, -0.2) is 18.2 Å². The SMILES string of the molecule is COc1ccc(N2CSC2=O)cc1.Cc1ccc(C)cc1. The van der Waals surface area contributed by atoms with E-state index in [1.54, 1.807) is 12.0 Å². The zero-order valence-electron chi connectivity index (χ0n) is 12.5. The first kappa shape index (κ1) is 15.4. The molecule has 1 fully saturated rings. The van der Waals surface area contributed by atoms with E-state index >= 15 is 0 Å². The number of ether oxygens (including phenoxy) is 1. The number of amides is 1. The molecule has 1 heterocycles. The fourth-order valence-corrected chi connectivity index (χ4v) is 2.38. The minimum Gasteiger partial charge on any atom is -0.497 e. The highest BCUT2D eigenvalue weighted by Gasteiger charge is 2.25. The summed E-state index contributed by atoms with van der Waals surface area (Å²) < 4.78 is 5.02. The molecule has 0 aromatic heterocycles. The van der Waals surface area contributed by atoms with Gasteiger partial charge in [0.05, 0.1) is 13.0 Å². The predicted octanol–water partition coefficient (Wildman–Crippen LogP) is 4.63. The van der Waals surface area contributed by atoms with Crippen molar-refractivity contribution < 1.29 is 9.53 Å². The quantitative estimate of drug-likeness (QED) is 0.810. The molecule has 0 radical (unpaired) electrons. The maximum absolute atomic E-state index is 11.0. The average Bonchev–Trinajstić information content (AvgIpc) is 2.50. The molecule has 2 aromatic rings. The van der Waals surface area contributed by atoms with Gasteiger partial charge in [0.2, 0.25) is 0 Å². The highest BCUT2D eigenvalue weighted by molar-refractivity contribution is 8.16. The van der Waals surface area contributed by atoms with Crippen LogP contribution in [0.5, 0.6) is 5.75 Å². The van der Waals surface area contributed by atoms with E-state index in [-0.39, 0.29) is 5.24 Å². The van der Waals surface area contributed by atoms with Crippen LogP contribution in [0.4, 0.5) is 10.5 Å². The van der Waals surface area contributed by atoms with Gasteiger partial charge in [0.25, 0.3) is 5.24 Å². The summed E-state index contributed by atoms with van der Waals surface area (Å²) in [5.41, 5.74) is 3.59. The molecule has 0 atom stereocenters. The second kappa shape index (κ2) is 7.18. The van der Waals surface area contributed by atoms with Crippen molar-refractivity contribution in [2.75, 3.05) is 17.9 Å². The number of methoxy groups -OCH3 is 1. The van der Waals surface area contributed by atoms with Crippen molar-refractivity contribution in [2.24, 2.45) is 0 Å². The lowest BCUT2D eigenvalue weighted by atomic mass is 10.2. The molecule has 21 heavy (non-hydrogen) atoms. The number of aryl methyl sites for hydroxylation is 2. The third-order valence-electron chi connectivity index (χ3n) is 3.14. The van der Waals surface area contributed by atoms with E-state index in [1.165, 1.54) is 22.9 Å². The molecule has 0 spiro atoms. The number of anilines is 1. The van der Waals surface area contributed by atoms with Crippen LogP contribution in [0.3, 0.4) is 0 Å². The largest absolute Gasteiger partial charge is 0.497 e. The molecule has 1 aliphatic heterocycles. The van der Waals surface area contributed by atoms with Crippen molar-refractivity contribution in [3.63, 3.8) is 0 Å². The van der Waals surface area contributed by atoms with Gasteiger partial charge in [-0.15, -0.1) is 0 Å². The molecule has 1 aliphatic rings. The monoisotopic (exact) mass is 301 g/mol. The molecule has 1 saturated heterocycles. The molecule has 0 bridgehead atoms. The van der Waals surface area contributed by atoms with Gasteiger partial charge in [0.15, 0.2) is 0 Å². The van der Waals surface area contributed by atoms with Crippen molar-refractivity contribution in [3.05, 3.63) is 59.7 Å². The first-order valence-electron chi connectivity index (χ1n) is 6.72. The minimum absolute atomic E-state index is 0.116. The van der Waals surface area contributed by atoms with Crippen molar-refractivity contribution >= 4 is 22.7 Å². The van der Waals surface area contributed by atoms with Crippen LogP contribution >= 0.6 is 11.8 Å². The van der Waals surface area contributed by atoms with Crippen molar-refractivity contribution in [3.8, 4) is 5.75 Å². The number of rotatable bonds is 2. The second-order valence-electron chi connectivity index (χ2n) is 4.82. The molecule has 4 heteroatoms. The summed E-state index contributed by atoms with van der Waals surface area (Å²) in [7, 11) is 1.62. The van der Waals surface area contributed by atoms with Gasteiger partial charge in [0.1, 0.15) is 5.75 Å². The Labute approximate surface area is 129 Å². The number of carbonyl (C=O) groups excluding carboxylic acids is 1. The normalized spacial score (nSPS) is 13.1. The summed E-state index contributed by atoms with van der Waals surface area (Å²) in [5, 5.41) is 0.116. The summed E-state index contributed by atoms with van der Waals surface area (Å²) in [6.45, 7) is 4.19. The molecule has 110 valence electrons. The fraction of sp³-hybridized carbons (Fsp3) is 0.235. The Kier molecular flexibility index (Phi) is 5.28. The number of hydrogen-bond acceptors (Lipinski definition) is 3. The van der Waals surface area contributed by atoms with Crippen LogP contribution < -0.4 is 9.64 Å². The molecule has 1 amide bonds. The van der Waals surface area contributed by atoms with Gasteiger partial charge >= 0.3 is 0 Å². The van der Waals surface area contributed by atoms with Crippen molar-refractivity contribution in [1.82, 2.24) is 0 Å². The Hall–Kier alpha value is -1.94. The lowest BCUT2D eigenvalue weighted by Gasteiger charge is -2.29. The van der Waals surface area contributed by atoms with Gasteiger partial charge in [0, 0.05) is 5.69 Å². The topological polar surface area (TPSA) is 29.5 Å². The first-order chi connectivity index (χ1) is 10.1. The zero-order chi connectivity index (χ0) is 15.2. The minimum atomic E-state index is 0.116. The van der Waals surface area contributed by atoms with Crippen molar-refractivity contribution in [1.29, 1.82) is 0 Å². The van der Waals surface area contributed by atoms with Gasteiger partial charge < -0.3 is 4.74 Å². The Morgan fingerprint density at radius 1 is 0.952 bits per heavy atom. The Balaban J connectivity index is 0.000000173. The number of nitrogens with zero attached hydrogens (tertiary/aromatic N) is 1. The molecule has 2 aromatic carbocycles. The van der Waals surface area contributed by atoms with Gasteiger partial charge in [-0.25, -0.2) is 0 Å². The standard InChI is InChI=1S/C9H9NO2S.C8H10/c1-12-8-4-2-7(3-5-8)10-6-13-9(10)11;1-7-3-5-8(2)6-4-7/h2-5H,6H2,1H3;3-6H,1-2H3. The van der Waals surface area contributed by atoms with E-state index in [4.69, 9.17) is 4.74 Å². The van der Waals surface area contributed by atoms with E-state index in [2.05, 4.69) is 38.1 Å². The van der Waals surface area contributed by atoms with Crippen LogP contribution in [-0.2, 0) is 0 Å². The van der Waals surface area contributed by atoms with Crippen LogP contribution in [0.2, 0.25) is 0 Å². The van der Waals surface area contributed by atoms with Crippen LogP contribution in [0.1, 0.15) is 11.1 Å². The number of carbonyl (C=O) groups is 1. The Bertz CT molecular complexity index is 572. The molecule has 0 aliphatic carbocycles. The maximum atomic E-state index is 11.0. The van der Waals surface area contributed by atoms with Gasteiger partial charge in [-0.2, -0.15) is 0 Å². The smallest absolute Gasteiger partial charge is 0.288 e. The lowest BCUT2D eigenvalue weighted by molar-refractivity contribution is 0.264. The highest BCUT2D eigenvalue weighted by atomic mass is 32.2. The third-order valence-corrected chi connectivity index (χ3v) is 3.99. The van der Waals surface area contributed by atoms with Crippen LogP contribution in [0, 0.1) is 13.8 Å². The first-order valence-corrected chi connectivity index (χ1v) is 7.70. The van der Waals surface area contributed by atoms with Crippen LogP contribution in [0.25, 0.3) is 0 Å². The fourth-order valence-electron chi connectivity index (χ4n) is 1.76. The molecule has 0 unspecified atom stereocenters. The number of hydrogen-bond donors (Lipinski definition) is 0. The lowest BCUT2D eigenvalue weighted by Crippen LogP contribution is -2.36. The molecular formula is C17H19NO2S. The van der Waals surface area contributed by atoms with E-state index < -0.39 is 0 Å². The van der Waals surface area contributed by atoms with Crippen molar-refractivity contribution in [2.45, 2.75) is 13.8 Å². The van der Waals surface area contributed by atoms with E-state index in [1.807, 2.05) is 24.3 Å². The number of benzene rings is 2. The van der Waals surface area contributed by atoms with Gasteiger partial charge in [-0.1, -0.05) is 35.4 Å². The average molecular weight is 301 g/mol. The summed E-state index contributed by atoms with van der Waals surface area (Å²) in [6, 6.07) is 16.0. The predicted molar refractivity (Wildman–Crippen MR) is 89.2 cm³/mol. The second-order valence-corrected chi connectivity index (χ2v) is 5.72. The van der Waals surface area contributed by atoms with E-state index in [0.29, 0.717) is 0 Å². The summed E-state index contributed by atoms with van der Waals surface area (Å²) in [4.78, 5) is 12.8. The van der Waals surface area contributed by atoms with Gasteiger partial charge in [-0.3, -0.25) is 9.69 Å². The van der Waals surface area contributed by atoms with E-state index in [9.17, 15) is 4.79 Å². The maximum Gasteiger partial charge on any atom is 0.288 e. The summed E-state index contributed by atoms with van der Waals surface area (Å²) in [5.74, 6) is 1.56. The van der Waals surface area contributed by atoms with Gasteiger partial charge in [-0.05, 0) is 49.9 Å². The molecular weight excluding hydrogens is 282 g/mol. The molecule has 0 N–H and O–H groups in total. The molecule has 3 rings (SSSR count). The van der Waals surface area contributed by atoms with E-state index in [0.717, 1.165) is 17.3 Å². The molecule has 0 saturated carbocycles. The zero-order valence-corrected chi connectivity index (χ0v) is 13.3. The summed E-state index contributed by atoms with van der Waals surface area (Å²) in [6.07, 6.45) is 0. The number of thioether (sulfide) groups is 1. The molecule has 3 nitrogen and oxygen atoms in total. The summed E-state index contributed by atoms with van der Waals surface area (Å²) >= 11 is 1.33. The third kappa shape index (κ3) is 4.26. The Morgan fingerprint density at radius 3 is 1.81 bits per heavy atom. The van der Waals surface area contributed by atoms with Crippen LogP contribution in [0.15, 0.2) is 48.5 Å².